The molecule has 0 spiro atoms. The number of aromatic nitrogens is 5. The van der Waals surface area contributed by atoms with Crippen molar-refractivity contribution in [1.29, 1.82) is 0 Å². The molecule has 0 atom stereocenters. The van der Waals surface area contributed by atoms with Crippen molar-refractivity contribution in [1.82, 2.24) is 30.7 Å². The summed E-state index contributed by atoms with van der Waals surface area (Å²) in [5, 5.41) is 19.6. The van der Waals surface area contributed by atoms with Crippen molar-refractivity contribution in [2.75, 3.05) is 5.73 Å². The Morgan fingerprint density at radius 3 is 2.41 bits per heavy atom. The Balaban J connectivity index is 1.74. The molecule has 29 heavy (non-hydrogen) atoms. The van der Waals surface area contributed by atoms with Gasteiger partial charge in [0.25, 0.3) is 5.91 Å². The summed E-state index contributed by atoms with van der Waals surface area (Å²) >= 11 is 0. The molecule has 10 heteroatoms. The molecule has 0 aliphatic carbocycles. The lowest BCUT2D eigenvalue weighted by molar-refractivity contribution is 0.0947. The maximum absolute atomic E-state index is 13.0. The SMILES string of the molecule is C/C(=N\NC(=O)c1c(-c2ccccc2)nnn1-c1nonc1N)c1ccccc1. The lowest BCUT2D eigenvalue weighted by Gasteiger charge is -2.06. The molecule has 1 amide bonds. The average Bonchev–Trinajstić information content (AvgIpc) is 3.39. The van der Waals surface area contributed by atoms with Crippen molar-refractivity contribution in [2.24, 2.45) is 5.10 Å². The van der Waals surface area contributed by atoms with Crippen LogP contribution in [-0.4, -0.2) is 36.9 Å². The largest absolute Gasteiger partial charge is 0.378 e. The zero-order valence-electron chi connectivity index (χ0n) is 15.4. The number of hydrogen-bond donors (Lipinski definition) is 2. The van der Waals surface area contributed by atoms with Crippen LogP contribution < -0.4 is 11.2 Å². The minimum absolute atomic E-state index is 0.0208. The topological polar surface area (TPSA) is 137 Å². The van der Waals surface area contributed by atoms with Crippen molar-refractivity contribution < 1.29 is 9.42 Å². The standard InChI is InChI=1S/C19H16N8O2/c1-12(13-8-4-2-5-9-13)21-23-19(28)16-15(14-10-6-3-7-11-14)22-26-27(16)18-17(20)24-29-25-18/h2-11H,1H3,(H2,20,24)(H,23,28)/b21-12+. The number of hydrogen-bond acceptors (Lipinski definition) is 8. The van der Waals surface area contributed by atoms with Gasteiger partial charge in [0.05, 0.1) is 5.71 Å². The molecule has 2 heterocycles. The van der Waals surface area contributed by atoms with Crippen molar-refractivity contribution in [3.05, 3.63) is 71.9 Å². The summed E-state index contributed by atoms with van der Waals surface area (Å²) < 4.78 is 5.81. The van der Waals surface area contributed by atoms with Crippen molar-refractivity contribution >= 4 is 17.4 Å². The van der Waals surface area contributed by atoms with Crippen molar-refractivity contribution in [3.8, 4) is 17.1 Å². The Labute approximate surface area is 165 Å². The summed E-state index contributed by atoms with van der Waals surface area (Å²) in [6, 6.07) is 18.6. The van der Waals surface area contributed by atoms with Crippen molar-refractivity contribution in [3.63, 3.8) is 0 Å². The summed E-state index contributed by atoms with van der Waals surface area (Å²) in [4.78, 5) is 13.0. The van der Waals surface area contributed by atoms with Gasteiger partial charge >= 0.3 is 0 Å². The van der Waals surface area contributed by atoms with Gasteiger partial charge in [-0.25, -0.2) is 10.1 Å². The van der Waals surface area contributed by atoms with Gasteiger partial charge in [-0.05, 0) is 22.8 Å². The first kappa shape index (κ1) is 18.0. The van der Waals surface area contributed by atoms with Crippen LogP contribution in [0.5, 0.6) is 0 Å². The highest BCUT2D eigenvalue weighted by atomic mass is 16.6. The summed E-state index contributed by atoms with van der Waals surface area (Å²) in [5.74, 6) is -0.493. The highest BCUT2D eigenvalue weighted by Gasteiger charge is 2.25. The second kappa shape index (κ2) is 7.72. The molecule has 10 nitrogen and oxygen atoms in total. The monoisotopic (exact) mass is 388 g/mol. The Bertz CT molecular complexity index is 1170. The minimum atomic E-state index is -0.536. The first-order valence-corrected chi connectivity index (χ1v) is 8.64. The lowest BCUT2D eigenvalue weighted by atomic mass is 10.1. The summed E-state index contributed by atoms with van der Waals surface area (Å²) in [6.45, 7) is 1.79. The first-order valence-electron chi connectivity index (χ1n) is 8.64. The van der Waals surface area contributed by atoms with Crippen molar-refractivity contribution in [2.45, 2.75) is 6.92 Å². The molecule has 144 valence electrons. The van der Waals surface area contributed by atoms with E-state index in [-0.39, 0.29) is 17.3 Å². The minimum Gasteiger partial charge on any atom is -0.378 e. The molecule has 3 N–H and O–H groups in total. The number of carbonyl (C=O) groups is 1. The van der Waals surface area contributed by atoms with Crippen LogP contribution in [0, 0.1) is 0 Å². The number of benzene rings is 2. The van der Waals surface area contributed by atoms with Crippen LogP contribution in [0.4, 0.5) is 5.82 Å². The zero-order valence-corrected chi connectivity index (χ0v) is 15.4. The van der Waals surface area contributed by atoms with Gasteiger partial charge in [0, 0.05) is 5.56 Å². The van der Waals surface area contributed by atoms with E-state index in [4.69, 9.17) is 5.73 Å². The zero-order chi connectivity index (χ0) is 20.2. The third-order valence-electron chi connectivity index (χ3n) is 4.15. The smallest absolute Gasteiger partial charge is 0.292 e. The van der Waals surface area contributed by atoms with Crippen LogP contribution in [0.3, 0.4) is 0 Å². The molecule has 0 saturated carbocycles. The van der Waals surface area contributed by atoms with E-state index < -0.39 is 5.91 Å². The molecule has 0 fully saturated rings. The first-order chi connectivity index (χ1) is 14.1. The number of nitrogens with one attached hydrogen (secondary N) is 1. The third kappa shape index (κ3) is 3.58. The van der Waals surface area contributed by atoms with E-state index >= 15 is 0 Å². The average molecular weight is 388 g/mol. The quantitative estimate of drug-likeness (QED) is 0.394. The third-order valence-corrected chi connectivity index (χ3v) is 4.15. The Morgan fingerprint density at radius 1 is 1.07 bits per heavy atom. The Hall–Kier alpha value is -4.34. The predicted molar refractivity (Wildman–Crippen MR) is 105 cm³/mol. The molecule has 4 aromatic rings. The normalized spacial score (nSPS) is 11.4. The molecule has 2 aromatic carbocycles. The van der Waals surface area contributed by atoms with Gasteiger partial charge in [0.15, 0.2) is 5.69 Å². The number of anilines is 1. The van der Waals surface area contributed by atoms with Crippen LogP contribution in [0.15, 0.2) is 70.4 Å². The molecule has 0 aliphatic heterocycles. The second-order valence-corrected chi connectivity index (χ2v) is 6.04. The molecular formula is C19H16N8O2. The molecule has 0 radical (unpaired) electrons. The van der Waals surface area contributed by atoms with E-state index in [1.807, 2.05) is 60.7 Å². The summed E-state index contributed by atoms with van der Waals surface area (Å²) in [5.41, 5.74) is 11.0. The highest BCUT2D eigenvalue weighted by molar-refractivity contribution is 6.02. The molecular weight excluding hydrogens is 372 g/mol. The van der Waals surface area contributed by atoms with Gasteiger partial charge < -0.3 is 5.73 Å². The van der Waals surface area contributed by atoms with Crippen LogP contribution in [0.2, 0.25) is 0 Å². The fourth-order valence-corrected chi connectivity index (χ4v) is 2.69. The van der Waals surface area contributed by atoms with E-state index in [1.165, 1.54) is 4.68 Å². The number of rotatable bonds is 5. The van der Waals surface area contributed by atoms with Crippen LogP contribution in [0.1, 0.15) is 23.0 Å². The number of nitrogens with two attached hydrogens (primary N) is 1. The number of nitrogens with zero attached hydrogens (tertiary/aromatic N) is 6. The highest BCUT2D eigenvalue weighted by Crippen LogP contribution is 2.24. The number of amides is 1. The maximum atomic E-state index is 13.0. The van der Waals surface area contributed by atoms with Gasteiger partial charge in [-0.15, -0.1) is 5.10 Å². The number of hydrazone groups is 1. The Kier molecular flexibility index (Phi) is 4.81. The van der Waals surface area contributed by atoms with Crippen LogP contribution in [0.25, 0.3) is 17.1 Å². The van der Waals surface area contributed by atoms with Crippen LogP contribution >= 0.6 is 0 Å². The van der Waals surface area contributed by atoms with Gasteiger partial charge in [0.1, 0.15) is 5.69 Å². The Morgan fingerprint density at radius 2 is 1.76 bits per heavy atom. The number of nitrogen functional groups attached to an aromatic ring is 1. The maximum Gasteiger partial charge on any atom is 0.292 e. The van der Waals surface area contributed by atoms with Gasteiger partial charge in [0.2, 0.25) is 11.6 Å². The van der Waals surface area contributed by atoms with E-state index in [9.17, 15) is 4.79 Å². The lowest BCUT2D eigenvalue weighted by Crippen LogP contribution is -2.23. The van der Waals surface area contributed by atoms with E-state index in [2.05, 4.69) is 35.8 Å². The van der Waals surface area contributed by atoms with Gasteiger partial charge in [-0.2, -0.15) is 9.78 Å². The molecule has 0 bridgehead atoms. The fourth-order valence-electron chi connectivity index (χ4n) is 2.69. The summed E-state index contributed by atoms with van der Waals surface area (Å²) in [7, 11) is 0. The van der Waals surface area contributed by atoms with Gasteiger partial charge in [-0.3, -0.25) is 4.79 Å². The van der Waals surface area contributed by atoms with Crippen LogP contribution in [-0.2, 0) is 0 Å². The van der Waals surface area contributed by atoms with E-state index in [1.54, 1.807) is 6.92 Å². The van der Waals surface area contributed by atoms with E-state index in [0.29, 0.717) is 17.0 Å². The fraction of sp³-hybridized carbons (Fsp3) is 0.0526. The second-order valence-electron chi connectivity index (χ2n) is 6.04. The van der Waals surface area contributed by atoms with Gasteiger partial charge in [-0.1, -0.05) is 65.9 Å². The molecule has 0 unspecified atom stereocenters. The molecule has 4 rings (SSSR count). The van der Waals surface area contributed by atoms with E-state index in [0.717, 1.165) is 5.56 Å². The molecule has 0 saturated heterocycles. The molecule has 0 aliphatic rings. The molecule has 2 aromatic heterocycles. The number of carbonyl (C=O) groups excluding carboxylic acids is 1. The predicted octanol–water partition coefficient (Wildman–Crippen LogP) is 2.05. The summed E-state index contributed by atoms with van der Waals surface area (Å²) in [6.07, 6.45) is 0.